The van der Waals surface area contributed by atoms with Crippen LogP contribution in [-0.2, 0) is 4.79 Å². The summed E-state index contributed by atoms with van der Waals surface area (Å²) in [5.41, 5.74) is 0.764. The van der Waals surface area contributed by atoms with Crippen molar-refractivity contribution in [2.24, 2.45) is 0 Å². The molecule has 0 radical (unpaired) electrons. The standard InChI is InChI=1S/C14H20N2O4/c1-2-16-14(18)5-6-15-8-11(17)10-3-4-12-13(7-10)20-9-19-12/h3-4,7,11,15,17H,2,5-6,8-9H2,1H3,(H,16,18). The lowest BCUT2D eigenvalue weighted by molar-refractivity contribution is -0.120. The Morgan fingerprint density at radius 1 is 1.40 bits per heavy atom. The smallest absolute Gasteiger partial charge is 0.231 e. The van der Waals surface area contributed by atoms with Crippen LogP contribution in [0.15, 0.2) is 18.2 Å². The van der Waals surface area contributed by atoms with Crippen LogP contribution in [-0.4, -0.2) is 37.4 Å². The number of rotatable bonds is 7. The first-order chi connectivity index (χ1) is 9.70. The van der Waals surface area contributed by atoms with Crippen molar-refractivity contribution < 1.29 is 19.4 Å². The van der Waals surface area contributed by atoms with Crippen LogP contribution in [0.4, 0.5) is 0 Å². The highest BCUT2D eigenvalue weighted by Crippen LogP contribution is 2.33. The molecule has 110 valence electrons. The van der Waals surface area contributed by atoms with Crippen molar-refractivity contribution in [1.82, 2.24) is 10.6 Å². The molecule has 0 saturated heterocycles. The molecule has 1 unspecified atom stereocenters. The van der Waals surface area contributed by atoms with E-state index in [1.54, 1.807) is 12.1 Å². The van der Waals surface area contributed by atoms with Gasteiger partial charge in [-0.25, -0.2) is 0 Å². The number of benzene rings is 1. The Balaban J connectivity index is 1.75. The SMILES string of the molecule is CCNC(=O)CCNCC(O)c1ccc2c(c1)OCO2. The third kappa shape index (κ3) is 3.85. The molecule has 1 heterocycles. The zero-order valence-corrected chi connectivity index (χ0v) is 11.5. The van der Waals surface area contributed by atoms with Crippen LogP contribution < -0.4 is 20.1 Å². The summed E-state index contributed by atoms with van der Waals surface area (Å²) in [6.45, 7) is 3.67. The van der Waals surface area contributed by atoms with E-state index in [1.165, 1.54) is 0 Å². The number of nitrogens with one attached hydrogen (secondary N) is 2. The lowest BCUT2D eigenvalue weighted by Gasteiger charge is -2.12. The fourth-order valence-corrected chi connectivity index (χ4v) is 1.96. The third-order valence-electron chi connectivity index (χ3n) is 3.02. The summed E-state index contributed by atoms with van der Waals surface area (Å²) in [7, 11) is 0. The van der Waals surface area contributed by atoms with Gasteiger partial charge in [-0.1, -0.05) is 6.07 Å². The first-order valence-corrected chi connectivity index (χ1v) is 6.75. The van der Waals surface area contributed by atoms with Gasteiger partial charge in [0.1, 0.15) is 0 Å². The van der Waals surface area contributed by atoms with Crippen molar-refractivity contribution in [2.75, 3.05) is 26.4 Å². The van der Waals surface area contributed by atoms with Gasteiger partial charge in [-0.2, -0.15) is 0 Å². The summed E-state index contributed by atoms with van der Waals surface area (Å²) >= 11 is 0. The number of aliphatic hydroxyl groups excluding tert-OH is 1. The van der Waals surface area contributed by atoms with Crippen LogP contribution in [0.1, 0.15) is 25.0 Å². The molecular weight excluding hydrogens is 260 g/mol. The summed E-state index contributed by atoms with van der Waals surface area (Å²) in [6.07, 6.45) is -0.236. The lowest BCUT2D eigenvalue weighted by Crippen LogP contribution is -2.29. The highest BCUT2D eigenvalue weighted by Gasteiger charge is 2.16. The normalized spacial score (nSPS) is 14.1. The molecular formula is C14H20N2O4. The maximum Gasteiger partial charge on any atom is 0.231 e. The summed E-state index contributed by atoms with van der Waals surface area (Å²) in [5, 5.41) is 15.8. The van der Waals surface area contributed by atoms with Crippen LogP contribution in [0.5, 0.6) is 11.5 Å². The van der Waals surface area contributed by atoms with Crippen LogP contribution in [0, 0.1) is 0 Å². The Kier molecular flexibility index (Phi) is 5.20. The maximum absolute atomic E-state index is 11.2. The van der Waals surface area contributed by atoms with Gasteiger partial charge < -0.3 is 25.2 Å². The number of fused-ring (bicyclic) bond motifs is 1. The molecule has 20 heavy (non-hydrogen) atoms. The van der Waals surface area contributed by atoms with Crippen molar-refractivity contribution in [2.45, 2.75) is 19.4 Å². The van der Waals surface area contributed by atoms with Gasteiger partial charge in [0.15, 0.2) is 11.5 Å². The second-order valence-corrected chi connectivity index (χ2v) is 4.54. The molecule has 1 atom stereocenters. The predicted molar refractivity (Wildman–Crippen MR) is 73.7 cm³/mol. The van der Waals surface area contributed by atoms with E-state index in [0.717, 1.165) is 5.56 Å². The molecule has 1 aliphatic rings. The van der Waals surface area contributed by atoms with E-state index in [0.29, 0.717) is 37.6 Å². The quantitative estimate of drug-likeness (QED) is 0.636. The molecule has 0 saturated carbocycles. The third-order valence-corrected chi connectivity index (χ3v) is 3.02. The minimum atomic E-state index is -0.640. The highest BCUT2D eigenvalue weighted by molar-refractivity contribution is 5.75. The Morgan fingerprint density at radius 3 is 3.00 bits per heavy atom. The largest absolute Gasteiger partial charge is 0.454 e. The van der Waals surface area contributed by atoms with Crippen molar-refractivity contribution >= 4 is 5.91 Å². The van der Waals surface area contributed by atoms with Crippen LogP contribution in [0.25, 0.3) is 0 Å². The number of ether oxygens (including phenoxy) is 2. The summed E-state index contributed by atoms with van der Waals surface area (Å²) in [6, 6.07) is 5.37. The fourth-order valence-electron chi connectivity index (χ4n) is 1.96. The zero-order valence-electron chi connectivity index (χ0n) is 11.5. The van der Waals surface area contributed by atoms with Crippen molar-refractivity contribution in [3.8, 4) is 11.5 Å². The van der Waals surface area contributed by atoms with Crippen molar-refractivity contribution in [3.63, 3.8) is 0 Å². The average Bonchev–Trinajstić information content (AvgIpc) is 2.91. The number of aliphatic hydroxyl groups is 1. The van der Waals surface area contributed by atoms with Gasteiger partial charge in [-0.3, -0.25) is 4.79 Å². The summed E-state index contributed by atoms with van der Waals surface area (Å²) in [5.74, 6) is 1.37. The number of carbonyl (C=O) groups is 1. The van der Waals surface area contributed by atoms with Gasteiger partial charge in [-0.15, -0.1) is 0 Å². The number of hydrogen-bond acceptors (Lipinski definition) is 5. The molecule has 0 fully saturated rings. The van der Waals surface area contributed by atoms with Crippen LogP contribution >= 0.6 is 0 Å². The van der Waals surface area contributed by atoms with Crippen LogP contribution in [0.2, 0.25) is 0 Å². The average molecular weight is 280 g/mol. The molecule has 0 aromatic heterocycles. The Hall–Kier alpha value is -1.79. The molecule has 1 aromatic rings. The molecule has 0 spiro atoms. The Morgan fingerprint density at radius 2 is 2.20 bits per heavy atom. The number of carbonyl (C=O) groups excluding carboxylic acids is 1. The topological polar surface area (TPSA) is 79.8 Å². The Bertz CT molecular complexity index is 464. The lowest BCUT2D eigenvalue weighted by atomic mass is 10.1. The van der Waals surface area contributed by atoms with Gasteiger partial charge in [0.25, 0.3) is 0 Å². The molecule has 6 heteroatoms. The molecule has 3 N–H and O–H groups in total. The van der Waals surface area contributed by atoms with Crippen LogP contribution in [0.3, 0.4) is 0 Å². The van der Waals surface area contributed by atoms with Gasteiger partial charge in [0.2, 0.25) is 12.7 Å². The molecule has 0 bridgehead atoms. The minimum Gasteiger partial charge on any atom is -0.454 e. The van der Waals surface area contributed by atoms with Gasteiger partial charge in [0, 0.05) is 26.1 Å². The monoisotopic (exact) mass is 280 g/mol. The van der Waals surface area contributed by atoms with Crippen molar-refractivity contribution in [1.29, 1.82) is 0 Å². The van der Waals surface area contributed by atoms with E-state index in [-0.39, 0.29) is 12.7 Å². The molecule has 1 aromatic carbocycles. The first-order valence-electron chi connectivity index (χ1n) is 6.75. The van der Waals surface area contributed by atoms with Gasteiger partial charge >= 0.3 is 0 Å². The molecule has 6 nitrogen and oxygen atoms in total. The van der Waals surface area contributed by atoms with E-state index in [4.69, 9.17) is 9.47 Å². The number of hydrogen-bond donors (Lipinski definition) is 3. The fraction of sp³-hybridized carbons (Fsp3) is 0.500. The number of amides is 1. The van der Waals surface area contributed by atoms with E-state index in [1.807, 2.05) is 13.0 Å². The second kappa shape index (κ2) is 7.12. The first kappa shape index (κ1) is 14.6. The molecule has 1 amide bonds. The van der Waals surface area contributed by atoms with E-state index in [2.05, 4.69) is 10.6 Å². The maximum atomic E-state index is 11.2. The molecule has 2 rings (SSSR count). The van der Waals surface area contributed by atoms with Crippen molar-refractivity contribution in [3.05, 3.63) is 23.8 Å². The van der Waals surface area contributed by atoms with E-state index >= 15 is 0 Å². The summed E-state index contributed by atoms with van der Waals surface area (Å²) in [4.78, 5) is 11.2. The van der Waals surface area contributed by atoms with E-state index < -0.39 is 6.10 Å². The Labute approximate surface area is 118 Å². The minimum absolute atomic E-state index is 0.0116. The van der Waals surface area contributed by atoms with Gasteiger partial charge in [-0.05, 0) is 24.6 Å². The second-order valence-electron chi connectivity index (χ2n) is 4.54. The molecule has 0 aliphatic carbocycles. The van der Waals surface area contributed by atoms with E-state index in [9.17, 15) is 9.90 Å². The zero-order chi connectivity index (χ0) is 14.4. The summed E-state index contributed by atoms with van der Waals surface area (Å²) < 4.78 is 10.5. The van der Waals surface area contributed by atoms with Gasteiger partial charge in [0.05, 0.1) is 6.10 Å². The predicted octanol–water partition coefficient (Wildman–Crippen LogP) is 0.565. The molecule has 1 aliphatic heterocycles. The highest BCUT2D eigenvalue weighted by atomic mass is 16.7.